The zero-order valence-electron chi connectivity index (χ0n) is 37.3. The number of aryl methyl sites for hydroxylation is 1. The van der Waals surface area contributed by atoms with Gasteiger partial charge in [0.1, 0.15) is 50.4 Å². The van der Waals surface area contributed by atoms with Crippen molar-refractivity contribution in [3.8, 4) is 57.3 Å². The highest BCUT2D eigenvalue weighted by Crippen LogP contribution is 2.42. The lowest BCUT2D eigenvalue weighted by atomic mass is 9.99. The van der Waals surface area contributed by atoms with Gasteiger partial charge in [0.25, 0.3) is 10.1 Å². The van der Waals surface area contributed by atoms with Gasteiger partial charge in [-0.05, 0) is 97.3 Å². The van der Waals surface area contributed by atoms with E-state index in [1.54, 1.807) is 12.1 Å². The molecule has 0 amide bonds. The maximum Gasteiger partial charge on any atom is 0.743 e. The highest BCUT2D eigenvalue weighted by Gasteiger charge is 2.45. The van der Waals surface area contributed by atoms with E-state index < -0.39 is 30.4 Å². The number of rotatable bonds is 11. The summed E-state index contributed by atoms with van der Waals surface area (Å²) in [6.45, 7) is 11.2. The normalized spacial score (nSPS) is 13.7. The van der Waals surface area contributed by atoms with Gasteiger partial charge in [-0.15, -0.1) is 22.7 Å². The fourth-order valence-corrected chi connectivity index (χ4v) is 11.6. The number of hydrogen-bond donors (Lipinski definition) is 1. The molecule has 10 aromatic rings. The first-order valence-corrected chi connectivity index (χ1v) is 25.5. The lowest BCUT2D eigenvalue weighted by Crippen LogP contribution is -2.44. The van der Waals surface area contributed by atoms with Crippen molar-refractivity contribution in [2.24, 2.45) is 0 Å². The second-order valence-corrected chi connectivity index (χ2v) is 20.2. The van der Waals surface area contributed by atoms with Crippen LogP contribution in [0.25, 0.3) is 69.8 Å². The highest BCUT2D eigenvalue weighted by molar-refractivity contribution is 7.85. The summed E-state index contributed by atoms with van der Waals surface area (Å²) in [5, 5.41) is 14.5. The van der Waals surface area contributed by atoms with Crippen molar-refractivity contribution in [3.63, 3.8) is 0 Å². The third-order valence-corrected chi connectivity index (χ3v) is 15.1. The Balaban J connectivity index is 1.29. The van der Waals surface area contributed by atoms with E-state index in [0.29, 0.717) is 82.7 Å². The quantitative estimate of drug-likeness (QED) is 0.0568. The third kappa shape index (κ3) is 7.72. The number of benzene rings is 6. The van der Waals surface area contributed by atoms with Crippen LogP contribution in [0.15, 0.2) is 146 Å². The molecule has 19 heteroatoms. The number of ether oxygens (including phenoxy) is 1. The smallest absolute Gasteiger partial charge is 0.503 e. The monoisotopic (exact) mass is 988 g/mol. The van der Waals surface area contributed by atoms with Crippen LogP contribution in [-0.2, 0) is 10.1 Å². The predicted molar refractivity (Wildman–Crippen MR) is 275 cm³/mol. The first kappa shape index (κ1) is 43.9. The molecule has 0 fully saturated rings. The van der Waals surface area contributed by atoms with Crippen LogP contribution in [0.4, 0.5) is 0 Å². The molecular formula is C52H34B2N6O8S3. The van der Waals surface area contributed by atoms with Gasteiger partial charge in [0, 0.05) is 16.3 Å². The molecule has 6 aromatic carbocycles. The van der Waals surface area contributed by atoms with E-state index >= 15 is 0 Å². The molecule has 0 atom stereocenters. The van der Waals surface area contributed by atoms with Crippen LogP contribution in [0.1, 0.15) is 22.0 Å². The van der Waals surface area contributed by atoms with Gasteiger partial charge in [-0.3, -0.25) is 4.55 Å². The number of nitriles is 1. The molecule has 0 aliphatic carbocycles. The van der Waals surface area contributed by atoms with Gasteiger partial charge < -0.3 is 32.3 Å². The molecule has 14 nitrogen and oxygen atoms in total. The molecule has 344 valence electrons. The number of aromatic nitrogens is 4. The Hall–Kier alpha value is -8.32. The summed E-state index contributed by atoms with van der Waals surface area (Å²) in [6, 6.07) is 47.9. The van der Waals surface area contributed by atoms with Crippen LogP contribution in [0, 0.1) is 24.8 Å². The zero-order valence-corrected chi connectivity index (χ0v) is 39.8. The summed E-state index contributed by atoms with van der Waals surface area (Å²) >= 11 is 2.76. The van der Waals surface area contributed by atoms with E-state index in [2.05, 4.69) is 10.9 Å². The Kier molecular flexibility index (Phi) is 10.9. The number of hydrogen-bond acceptors (Lipinski definition) is 12. The first-order valence-electron chi connectivity index (χ1n) is 22.3. The van der Waals surface area contributed by atoms with Gasteiger partial charge in [0.05, 0.1) is 61.5 Å². The summed E-state index contributed by atoms with van der Waals surface area (Å²) in [4.78, 5) is 14.5. The molecule has 0 saturated carbocycles. The van der Waals surface area contributed by atoms with Crippen LogP contribution in [0.3, 0.4) is 0 Å². The van der Waals surface area contributed by atoms with Crippen molar-refractivity contribution in [1.29, 1.82) is 5.26 Å². The molecule has 2 aliphatic rings. The van der Waals surface area contributed by atoms with Crippen LogP contribution >= 0.6 is 22.7 Å². The van der Waals surface area contributed by atoms with Gasteiger partial charge in [0.2, 0.25) is 5.70 Å². The molecule has 0 bridgehead atoms. The number of para-hydroxylation sites is 6. The summed E-state index contributed by atoms with van der Waals surface area (Å²) < 4.78 is 70.9. The Morgan fingerprint density at radius 1 is 0.704 bits per heavy atom. The SMILES string of the molecule is [C-]#[N+]/C(c1nc2ccccc2s1)=c1\c2c(-c3ccccc3C)n(B3Oc4ccccc4O3)/c(=C(/C#N)c3nc4ccccc4s3)c2c(-c2ccc(OCCCS(=O)(=O)O)cc2)n1B1Oc2ccccc2O1. The Bertz CT molecular complexity index is 3930. The fraction of sp³-hybridized carbons (Fsp3) is 0.0769. The van der Waals surface area contributed by atoms with Gasteiger partial charge in [-0.1, -0.05) is 72.8 Å². The van der Waals surface area contributed by atoms with Gasteiger partial charge >= 0.3 is 14.5 Å². The lowest BCUT2D eigenvalue weighted by Gasteiger charge is -2.17. The Labute approximate surface area is 414 Å². The minimum absolute atomic E-state index is 0.0244. The molecule has 2 aliphatic heterocycles. The van der Waals surface area contributed by atoms with Crippen molar-refractivity contribution in [1.82, 2.24) is 18.9 Å². The molecule has 12 rings (SSSR count). The van der Waals surface area contributed by atoms with Crippen molar-refractivity contribution in [3.05, 3.63) is 183 Å². The Morgan fingerprint density at radius 3 is 1.76 bits per heavy atom. The Morgan fingerprint density at radius 2 is 1.21 bits per heavy atom. The van der Waals surface area contributed by atoms with Crippen molar-refractivity contribution >= 4 is 89.8 Å². The van der Waals surface area contributed by atoms with Crippen LogP contribution in [-0.4, -0.2) is 58.8 Å². The summed E-state index contributed by atoms with van der Waals surface area (Å²) in [7, 11) is -6.55. The first-order chi connectivity index (χ1) is 34.7. The molecule has 0 unspecified atom stereocenters. The second-order valence-electron chi connectivity index (χ2n) is 16.6. The van der Waals surface area contributed by atoms with Crippen LogP contribution in [0.5, 0.6) is 28.7 Å². The van der Waals surface area contributed by atoms with Crippen molar-refractivity contribution in [2.45, 2.75) is 13.3 Å². The van der Waals surface area contributed by atoms with Gasteiger partial charge in [-0.25, -0.2) is 14.8 Å². The average Bonchev–Trinajstić information content (AvgIpc) is 4.25. The number of fused-ring (bicyclic) bond motifs is 5. The molecule has 1 N–H and O–H groups in total. The summed E-state index contributed by atoms with van der Waals surface area (Å²) in [5.41, 5.74) is 5.16. The topological polar surface area (TPSA) is 164 Å². The molecule has 0 saturated heterocycles. The van der Waals surface area contributed by atoms with Crippen LogP contribution < -0.4 is 34.1 Å². The molecular weight excluding hydrogens is 954 g/mol. The van der Waals surface area contributed by atoms with E-state index in [9.17, 15) is 18.2 Å². The van der Waals surface area contributed by atoms with E-state index in [0.717, 1.165) is 26.0 Å². The fourth-order valence-electron chi connectivity index (χ4n) is 9.17. The minimum atomic E-state index is -4.18. The van der Waals surface area contributed by atoms with Gasteiger partial charge in [-0.2, -0.15) is 13.7 Å². The maximum atomic E-state index is 11.8. The third-order valence-electron chi connectivity index (χ3n) is 12.2. The highest BCUT2D eigenvalue weighted by atomic mass is 32.2. The molecule has 0 radical (unpaired) electrons. The van der Waals surface area contributed by atoms with Crippen LogP contribution in [0.2, 0.25) is 0 Å². The van der Waals surface area contributed by atoms with Crippen molar-refractivity contribution < 1.29 is 36.3 Å². The van der Waals surface area contributed by atoms with E-state index in [1.165, 1.54) is 22.7 Å². The number of thiazole rings is 2. The van der Waals surface area contributed by atoms with Gasteiger partial charge in [0.15, 0.2) is 0 Å². The largest absolute Gasteiger partial charge is 0.743 e. The second kappa shape index (κ2) is 17.6. The molecule has 4 aromatic heterocycles. The minimum Gasteiger partial charge on any atom is -0.503 e. The lowest BCUT2D eigenvalue weighted by molar-refractivity contribution is 0.316. The van der Waals surface area contributed by atoms with Crippen molar-refractivity contribution in [2.75, 3.05) is 12.4 Å². The van der Waals surface area contributed by atoms with E-state index in [1.807, 2.05) is 149 Å². The predicted octanol–water partition coefficient (Wildman–Crippen LogP) is 9.37. The molecule has 71 heavy (non-hydrogen) atoms. The number of nitrogens with zero attached hydrogens (tertiary/aromatic N) is 6. The summed E-state index contributed by atoms with van der Waals surface area (Å²) in [5.74, 6) is 1.96. The standard InChI is InChI=1S/C52H34B2N6O8S3/c1-31-14-3-4-15-34(31)48-45-44(49(60(48)54-67-40-20-9-10-21-41(40)68-54)35(30-55)51-57-36-16-5-11-22-42(36)69-51)47(32-24-26-33(27-25-32)64-28-13-29-71(61,62)63)59(53-65-38-18-7-8-19-39(38)66-53)50(45)46(56-2)52-58-37-17-6-12-23-43(37)70-52/h3-12,14-27H,13,28-29H2,1H3,(H,61,62,63)/b49-35-,50-46+. The molecule has 0 spiro atoms. The average molecular weight is 989 g/mol. The zero-order chi connectivity index (χ0) is 48.4. The summed E-state index contributed by atoms with van der Waals surface area (Å²) in [6.07, 6.45) is 0.0671. The maximum absolute atomic E-state index is 11.8. The van der Waals surface area contributed by atoms with E-state index in [4.69, 9.17) is 39.9 Å². The van der Waals surface area contributed by atoms with E-state index in [-0.39, 0.29) is 24.3 Å². The molecule has 6 heterocycles.